The highest BCUT2D eigenvalue weighted by Crippen LogP contribution is 2.38. The second-order valence-electron chi connectivity index (χ2n) is 10.5. The molecule has 0 aliphatic heterocycles. The maximum atomic E-state index is 13.9. The Morgan fingerprint density at radius 2 is 1.42 bits per heavy atom. The van der Waals surface area contributed by atoms with Gasteiger partial charge in [-0.1, -0.05) is 24.2 Å². The van der Waals surface area contributed by atoms with Crippen molar-refractivity contribution in [2.24, 2.45) is 7.05 Å². The van der Waals surface area contributed by atoms with E-state index >= 15 is 0 Å². The summed E-state index contributed by atoms with van der Waals surface area (Å²) in [5.74, 6) is -0.205. The Morgan fingerprint density at radius 3 is 1.93 bits per heavy atom. The molecule has 0 spiro atoms. The zero-order valence-electron chi connectivity index (χ0n) is 24.2. The SMILES string of the molecule is CCC(c1ccc(C(F)(F)F)cc1CN(Cc1cc(C(F)(F)F)cc(C(F)(F)F)c1)c1nnn(C)n1)N(C)Cc1cccnc1. The van der Waals surface area contributed by atoms with Gasteiger partial charge in [0.2, 0.25) is 0 Å². The van der Waals surface area contributed by atoms with Crippen LogP contribution in [0, 0.1) is 0 Å². The van der Waals surface area contributed by atoms with E-state index in [1.54, 1.807) is 25.5 Å². The lowest BCUT2D eigenvalue weighted by Gasteiger charge is -2.31. The molecule has 242 valence electrons. The zero-order chi connectivity index (χ0) is 33.2. The van der Waals surface area contributed by atoms with Crippen LogP contribution >= 0.6 is 0 Å². The first-order chi connectivity index (χ1) is 21.0. The van der Waals surface area contributed by atoms with Gasteiger partial charge in [0.15, 0.2) is 0 Å². The monoisotopic (exact) mass is 645 g/mol. The number of alkyl halides is 9. The number of anilines is 1. The van der Waals surface area contributed by atoms with Crippen LogP contribution in [0.1, 0.15) is 58.3 Å². The van der Waals surface area contributed by atoms with Crippen LogP contribution in [0.5, 0.6) is 0 Å². The van der Waals surface area contributed by atoms with Gasteiger partial charge < -0.3 is 4.90 Å². The zero-order valence-corrected chi connectivity index (χ0v) is 24.2. The van der Waals surface area contributed by atoms with Gasteiger partial charge in [-0.25, -0.2) is 0 Å². The summed E-state index contributed by atoms with van der Waals surface area (Å²) in [7, 11) is 3.17. The first-order valence-electron chi connectivity index (χ1n) is 13.5. The molecule has 2 heterocycles. The lowest BCUT2D eigenvalue weighted by atomic mass is 9.94. The number of pyridine rings is 1. The largest absolute Gasteiger partial charge is 0.416 e. The summed E-state index contributed by atoms with van der Waals surface area (Å²) in [5.41, 5.74) is -2.97. The molecule has 2 aromatic carbocycles. The number of aryl methyl sites for hydroxylation is 1. The van der Waals surface area contributed by atoms with Gasteiger partial charge in [0.05, 0.1) is 23.7 Å². The van der Waals surface area contributed by atoms with Crippen LogP contribution in [0.3, 0.4) is 0 Å². The summed E-state index contributed by atoms with van der Waals surface area (Å²) in [6.45, 7) is 1.25. The second-order valence-corrected chi connectivity index (χ2v) is 10.5. The predicted molar refractivity (Wildman–Crippen MR) is 145 cm³/mol. The van der Waals surface area contributed by atoms with Crippen LogP contribution < -0.4 is 4.90 Å². The number of tetrazole rings is 1. The summed E-state index contributed by atoms with van der Waals surface area (Å²) in [5, 5.41) is 11.6. The number of benzene rings is 2. The Morgan fingerprint density at radius 1 is 0.778 bits per heavy atom. The van der Waals surface area contributed by atoms with Gasteiger partial charge in [0.1, 0.15) is 0 Å². The fraction of sp³-hybridized carbons (Fsp3) is 0.379. The average Bonchev–Trinajstić information content (AvgIpc) is 3.39. The molecule has 1 atom stereocenters. The molecule has 4 aromatic rings. The summed E-state index contributed by atoms with van der Waals surface area (Å²) in [6.07, 6.45) is -11.2. The average molecular weight is 646 g/mol. The van der Waals surface area contributed by atoms with E-state index in [1.165, 1.54) is 18.0 Å². The van der Waals surface area contributed by atoms with Crippen molar-refractivity contribution in [1.82, 2.24) is 30.1 Å². The maximum Gasteiger partial charge on any atom is 0.416 e. The van der Waals surface area contributed by atoms with Crippen LogP contribution in [-0.2, 0) is 45.2 Å². The molecule has 0 N–H and O–H groups in total. The molecule has 2 aromatic heterocycles. The maximum absolute atomic E-state index is 13.9. The highest BCUT2D eigenvalue weighted by atomic mass is 19.4. The Labute approximate surface area is 252 Å². The number of rotatable bonds is 10. The topological polar surface area (TPSA) is 63.0 Å². The Balaban J connectivity index is 1.80. The molecule has 4 rings (SSSR count). The molecular weight excluding hydrogens is 617 g/mol. The van der Waals surface area contributed by atoms with Gasteiger partial charge in [-0.15, -0.1) is 5.10 Å². The second kappa shape index (κ2) is 13.0. The summed E-state index contributed by atoms with van der Waals surface area (Å²) in [6, 6.07) is 7.48. The van der Waals surface area contributed by atoms with E-state index < -0.39 is 53.4 Å². The van der Waals surface area contributed by atoms with Crippen molar-refractivity contribution < 1.29 is 39.5 Å². The van der Waals surface area contributed by atoms with Gasteiger partial charge in [-0.3, -0.25) is 9.88 Å². The lowest BCUT2D eigenvalue weighted by Crippen LogP contribution is -2.28. The molecule has 16 heteroatoms. The van der Waals surface area contributed by atoms with E-state index in [0.717, 1.165) is 22.5 Å². The number of halogens is 9. The smallest absolute Gasteiger partial charge is 0.330 e. The molecule has 1 unspecified atom stereocenters. The minimum Gasteiger partial charge on any atom is -0.330 e. The molecule has 0 aliphatic carbocycles. The van der Waals surface area contributed by atoms with Gasteiger partial charge in [-0.05, 0) is 77.3 Å². The minimum absolute atomic E-state index is 0.00323. The molecule has 0 bridgehead atoms. The quantitative estimate of drug-likeness (QED) is 0.167. The van der Waals surface area contributed by atoms with Crippen molar-refractivity contribution in [3.8, 4) is 0 Å². The molecule has 0 saturated carbocycles. The summed E-state index contributed by atoms with van der Waals surface area (Å²) >= 11 is 0. The van der Waals surface area contributed by atoms with Crippen LogP contribution in [0.25, 0.3) is 0 Å². The lowest BCUT2D eigenvalue weighted by molar-refractivity contribution is -0.143. The Kier molecular flexibility index (Phi) is 9.75. The van der Waals surface area contributed by atoms with E-state index in [2.05, 4.69) is 20.4 Å². The Bertz CT molecular complexity index is 1550. The minimum atomic E-state index is -5.09. The third-order valence-electron chi connectivity index (χ3n) is 7.07. The van der Waals surface area contributed by atoms with E-state index in [4.69, 9.17) is 0 Å². The van der Waals surface area contributed by atoms with Crippen molar-refractivity contribution in [2.45, 2.75) is 57.5 Å². The van der Waals surface area contributed by atoms with E-state index in [1.807, 2.05) is 17.9 Å². The predicted octanol–water partition coefficient (Wildman–Crippen LogP) is 7.45. The van der Waals surface area contributed by atoms with Gasteiger partial charge >= 0.3 is 18.5 Å². The number of nitrogens with zero attached hydrogens (tertiary/aromatic N) is 7. The normalized spacial score (nSPS) is 13.4. The Hall–Kier alpha value is -4.21. The van der Waals surface area contributed by atoms with E-state index in [9.17, 15) is 39.5 Å². The highest BCUT2D eigenvalue weighted by Gasteiger charge is 2.37. The van der Waals surface area contributed by atoms with Crippen molar-refractivity contribution in [3.63, 3.8) is 0 Å². The number of aromatic nitrogens is 5. The van der Waals surface area contributed by atoms with Gasteiger partial charge in [-0.2, -0.15) is 44.3 Å². The van der Waals surface area contributed by atoms with Gasteiger partial charge in [0.25, 0.3) is 5.95 Å². The molecule has 7 nitrogen and oxygen atoms in total. The molecular formula is C29H28F9N7. The third kappa shape index (κ3) is 8.49. The van der Waals surface area contributed by atoms with Crippen LogP contribution in [0.2, 0.25) is 0 Å². The molecule has 0 amide bonds. The number of hydrogen-bond donors (Lipinski definition) is 0. The van der Waals surface area contributed by atoms with Crippen molar-refractivity contribution in [1.29, 1.82) is 0 Å². The first-order valence-corrected chi connectivity index (χ1v) is 13.5. The summed E-state index contributed by atoms with van der Waals surface area (Å²) < 4.78 is 123. The molecule has 0 saturated heterocycles. The first kappa shape index (κ1) is 33.7. The third-order valence-corrected chi connectivity index (χ3v) is 7.07. The molecule has 0 fully saturated rings. The fourth-order valence-electron chi connectivity index (χ4n) is 5.04. The van der Waals surface area contributed by atoms with E-state index in [-0.39, 0.29) is 24.1 Å². The van der Waals surface area contributed by atoms with E-state index in [0.29, 0.717) is 30.7 Å². The molecule has 0 aliphatic rings. The van der Waals surface area contributed by atoms with Crippen LogP contribution in [-0.4, -0.2) is 37.1 Å². The number of hydrogen-bond acceptors (Lipinski definition) is 6. The van der Waals surface area contributed by atoms with Crippen molar-refractivity contribution in [2.75, 3.05) is 11.9 Å². The molecule has 0 radical (unpaired) electrons. The van der Waals surface area contributed by atoms with Crippen LogP contribution in [0.15, 0.2) is 60.9 Å². The summed E-state index contributed by atoms with van der Waals surface area (Å²) in [4.78, 5) is 8.20. The molecule has 45 heavy (non-hydrogen) atoms. The fourth-order valence-corrected chi connectivity index (χ4v) is 5.04. The standard InChI is InChI=1S/C29H28F9N7/c1-4-25(43(2)15-18-6-5-9-39-14-18)24-8-7-21(27(30,31)32)12-20(24)17-45(26-40-42-44(3)41-26)16-19-10-22(28(33,34)35)13-23(11-19)29(36,37)38/h5-14,25H,4,15-17H2,1-3H3. The van der Waals surface area contributed by atoms with Crippen LogP contribution in [0.4, 0.5) is 45.5 Å². The van der Waals surface area contributed by atoms with Crippen molar-refractivity contribution in [3.05, 3.63) is 99.9 Å². The van der Waals surface area contributed by atoms with Crippen molar-refractivity contribution >= 4 is 5.95 Å². The highest BCUT2D eigenvalue weighted by molar-refractivity contribution is 5.42. The van der Waals surface area contributed by atoms with Gasteiger partial charge in [0, 0.05) is 38.1 Å².